The predicted molar refractivity (Wildman–Crippen MR) is 103 cm³/mol. The van der Waals surface area contributed by atoms with E-state index in [1.807, 2.05) is 0 Å². The van der Waals surface area contributed by atoms with Crippen LogP contribution in [0.5, 0.6) is 5.75 Å². The van der Waals surface area contributed by atoms with Crippen molar-refractivity contribution in [1.82, 2.24) is 0 Å². The van der Waals surface area contributed by atoms with Crippen molar-refractivity contribution in [3.05, 3.63) is 29.8 Å². The molecular weight excluding hydrogens is 408 g/mol. The summed E-state index contributed by atoms with van der Waals surface area (Å²) < 4.78 is 58.1. The Balaban J connectivity index is 2.73. The molecule has 0 bridgehead atoms. The molecule has 0 N–H and O–H groups in total. The van der Waals surface area contributed by atoms with Crippen LogP contribution in [0.15, 0.2) is 24.3 Å². The van der Waals surface area contributed by atoms with E-state index in [9.17, 15) is 26.4 Å². The Morgan fingerprint density at radius 2 is 1.54 bits per heavy atom. The third-order valence-corrected chi connectivity index (χ3v) is 7.06. The zero-order valence-electron chi connectivity index (χ0n) is 16.2. The van der Waals surface area contributed by atoms with Gasteiger partial charge in [0, 0.05) is 12.5 Å². The lowest BCUT2D eigenvalue weighted by Crippen LogP contribution is -2.63. The number of methoxy groups -OCH3 is 1. The Kier molecular flexibility index (Phi) is 5.96. The molecule has 8 nitrogen and oxygen atoms in total. The van der Waals surface area contributed by atoms with Gasteiger partial charge in [-0.2, -0.15) is 0 Å². The molecule has 0 saturated heterocycles. The molecule has 1 atom stereocenters. The molecule has 1 aliphatic rings. The van der Waals surface area contributed by atoms with E-state index >= 15 is 0 Å². The highest BCUT2D eigenvalue weighted by atomic mass is 32.2. The maximum absolute atomic E-state index is 13.5. The van der Waals surface area contributed by atoms with Crippen molar-refractivity contribution < 1.29 is 35.9 Å². The molecule has 1 aliphatic heterocycles. The normalized spacial score (nSPS) is 21.5. The fourth-order valence-electron chi connectivity index (χ4n) is 3.52. The van der Waals surface area contributed by atoms with Crippen LogP contribution < -0.4 is 4.74 Å². The molecule has 0 saturated carbocycles. The van der Waals surface area contributed by atoms with E-state index in [-0.39, 0.29) is 24.2 Å². The molecular formula is C18H24O8S2. The lowest BCUT2D eigenvalue weighted by Gasteiger charge is -2.48. The summed E-state index contributed by atoms with van der Waals surface area (Å²) in [6.07, 6.45) is 1.46. The van der Waals surface area contributed by atoms with Gasteiger partial charge in [-0.25, -0.2) is 21.6 Å². The highest BCUT2D eigenvalue weighted by Gasteiger charge is 2.63. The predicted octanol–water partition coefficient (Wildman–Crippen LogP) is 1.05. The summed E-state index contributed by atoms with van der Waals surface area (Å²) in [7, 11) is -5.89. The summed E-state index contributed by atoms with van der Waals surface area (Å²) in [5, 5.41) is 0. The van der Waals surface area contributed by atoms with Crippen LogP contribution in [-0.4, -0.2) is 65.3 Å². The van der Waals surface area contributed by atoms with Gasteiger partial charge < -0.3 is 9.47 Å². The number of fused-ring (bicyclic) bond motifs is 1. The van der Waals surface area contributed by atoms with Crippen molar-refractivity contribution in [2.24, 2.45) is 5.41 Å². The second-order valence-electron chi connectivity index (χ2n) is 7.29. The number of carbonyl (C=O) groups excluding carboxylic acids is 2. The van der Waals surface area contributed by atoms with E-state index in [2.05, 4.69) is 0 Å². The Hall–Kier alpha value is -1.94. The van der Waals surface area contributed by atoms with Crippen molar-refractivity contribution in [3.63, 3.8) is 0 Å². The van der Waals surface area contributed by atoms with Crippen LogP contribution in [0.1, 0.15) is 30.1 Å². The first-order valence-corrected chi connectivity index (χ1v) is 12.6. The third-order valence-electron chi connectivity index (χ3n) is 5.17. The summed E-state index contributed by atoms with van der Waals surface area (Å²) >= 11 is 0. The maximum atomic E-state index is 13.5. The smallest absolute Gasteiger partial charge is 0.351 e. The van der Waals surface area contributed by atoms with Crippen LogP contribution >= 0.6 is 0 Å². The van der Waals surface area contributed by atoms with Gasteiger partial charge in [-0.05, 0) is 31.9 Å². The first-order valence-electron chi connectivity index (χ1n) is 8.52. The zero-order valence-corrected chi connectivity index (χ0v) is 17.9. The van der Waals surface area contributed by atoms with E-state index in [0.29, 0.717) is 0 Å². The van der Waals surface area contributed by atoms with E-state index in [4.69, 9.17) is 9.47 Å². The molecule has 156 valence electrons. The number of benzene rings is 1. The second kappa shape index (κ2) is 7.47. The number of ether oxygens (including phenoxy) is 2. The molecule has 1 unspecified atom stereocenters. The molecule has 0 aliphatic carbocycles. The number of ketones is 1. The van der Waals surface area contributed by atoms with Gasteiger partial charge in [0.15, 0.2) is 5.78 Å². The number of Topliss-reactive ketones (excluding diaryl/α,β-unsaturated/α-hetero) is 1. The van der Waals surface area contributed by atoms with E-state index in [0.717, 1.165) is 19.6 Å². The molecule has 0 amide bonds. The van der Waals surface area contributed by atoms with Crippen LogP contribution in [0.2, 0.25) is 0 Å². The number of esters is 1. The van der Waals surface area contributed by atoms with Crippen molar-refractivity contribution >= 4 is 31.4 Å². The van der Waals surface area contributed by atoms with Gasteiger partial charge in [0.2, 0.25) is 5.60 Å². The lowest BCUT2D eigenvalue weighted by molar-refractivity contribution is -0.169. The first kappa shape index (κ1) is 22.4. The number of rotatable bonds is 7. The van der Waals surface area contributed by atoms with Crippen LogP contribution in [-0.2, 0) is 29.2 Å². The monoisotopic (exact) mass is 432 g/mol. The van der Waals surface area contributed by atoms with Crippen molar-refractivity contribution in [2.75, 3.05) is 31.1 Å². The molecule has 2 rings (SSSR count). The summed E-state index contributed by atoms with van der Waals surface area (Å²) in [5.74, 6) is -2.08. The number of hydrogen-bond donors (Lipinski definition) is 0. The molecule has 0 radical (unpaired) electrons. The van der Waals surface area contributed by atoms with Gasteiger partial charge in [0.25, 0.3) is 0 Å². The summed E-state index contributed by atoms with van der Waals surface area (Å²) in [4.78, 5) is 26.2. The molecule has 1 aromatic carbocycles. The highest BCUT2D eigenvalue weighted by Crippen LogP contribution is 2.50. The molecule has 0 fully saturated rings. The lowest BCUT2D eigenvalue weighted by atomic mass is 9.62. The summed E-state index contributed by atoms with van der Waals surface area (Å²) in [6, 6.07) is 6.26. The molecule has 1 aromatic rings. The van der Waals surface area contributed by atoms with Gasteiger partial charge >= 0.3 is 5.97 Å². The largest absolute Gasteiger partial charge is 0.474 e. The fraction of sp³-hybridized carbons (Fsp3) is 0.556. The minimum absolute atomic E-state index is 0.162. The minimum Gasteiger partial charge on any atom is -0.474 e. The van der Waals surface area contributed by atoms with Crippen molar-refractivity contribution in [2.45, 2.75) is 25.4 Å². The van der Waals surface area contributed by atoms with E-state index in [1.54, 1.807) is 12.1 Å². The van der Waals surface area contributed by atoms with Crippen molar-refractivity contribution in [3.8, 4) is 5.75 Å². The molecule has 1 heterocycles. The van der Waals surface area contributed by atoms with Crippen molar-refractivity contribution in [1.29, 1.82) is 0 Å². The quantitative estimate of drug-likeness (QED) is 0.586. The van der Waals surface area contributed by atoms with Crippen LogP contribution in [0.3, 0.4) is 0 Å². The van der Waals surface area contributed by atoms with Gasteiger partial charge in [0.05, 0.1) is 29.6 Å². The summed E-state index contributed by atoms with van der Waals surface area (Å²) in [6.45, 7) is 1.34. The Bertz CT molecular complexity index is 958. The topological polar surface area (TPSA) is 121 Å². The first-order chi connectivity index (χ1) is 12.8. The minimum atomic E-state index is -3.51. The summed E-state index contributed by atoms with van der Waals surface area (Å²) in [5.41, 5.74) is -3.44. The number of sulfone groups is 2. The van der Waals surface area contributed by atoms with Gasteiger partial charge in [-0.1, -0.05) is 12.1 Å². The fourth-order valence-corrected chi connectivity index (χ4v) is 4.95. The van der Waals surface area contributed by atoms with Gasteiger partial charge in [-0.3, -0.25) is 4.79 Å². The van der Waals surface area contributed by atoms with Crippen LogP contribution in [0.25, 0.3) is 0 Å². The van der Waals surface area contributed by atoms with E-state index in [1.165, 1.54) is 19.1 Å². The Morgan fingerprint density at radius 1 is 1.04 bits per heavy atom. The average Bonchev–Trinajstić information content (AvgIpc) is 2.58. The number of hydrogen-bond acceptors (Lipinski definition) is 8. The molecule has 28 heavy (non-hydrogen) atoms. The molecule has 0 aromatic heterocycles. The van der Waals surface area contributed by atoms with Crippen LogP contribution in [0.4, 0.5) is 0 Å². The third kappa shape index (κ3) is 4.22. The van der Waals surface area contributed by atoms with Gasteiger partial charge in [-0.15, -0.1) is 0 Å². The Morgan fingerprint density at radius 3 is 2.00 bits per heavy atom. The number of carbonyl (C=O) groups is 2. The maximum Gasteiger partial charge on any atom is 0.351 e. The van der Waals surface area contributed by atoms with Crippen LogP contribution in [0, 0.1) is 5.41 Å². The van der Waals surface area contributed by atoms with E-state index < -0.39 is 53.9 Å². The molecule has 0 spiro atoms. The zero-order chi connectivity index (χ0) is 21.4. The van der Waals surface area contributed by atoms with Gasteiger partial charge in [0.1, 0.15) is 25.4 Å². The SMILES string of the molecule is COC(=O)C1(C)Oc2ccccc2C(=O)C1(CCS(C)(=O)=O)CCS(C)(=O)=O. The molecule has 10 heteroatoms. The number of para-hydroxylation sites is 1. The standard InChI is InChI=1S/C18H24O8S2/c1-17(16(20)25-2)18(9-11-27(3,21)22,10-12-28(4,23)24)15(19)13-7-5-6-8-14(13)26-17/h5-8H,9-12H2,1-4H3. The Labute approximate surface area is 165 Å². The highest BCUT2D eigenvalue weighted by molar-refractivity contribution is 7.90. The average molecular weight is 433 g/mol. The second-order valence-corrected chi connectivity index (χ2v) is 11.8.